The van der Waals surface area contributed by atoms with Gasteiger partial charge in [-0.15, -0.1) is 0 Å². The maximum Gasteiger partial charge on any atom is 0.123 e. The van der Waals surface area contributed by atoms with Crippen LogP contribution >= 0.6 is 0 Å². The van der Waals surface area contributed by atoms with Gasteiger partial charge in [-0.1, -0.05) is 13.8 Å². The van der Waals surface area contributed by atoms with Gasteiger partial charge in [0.2, 0.25) is 0 Å². The molecule has 0 amide bonds. The quantitative estimate of drug-likeness (QED) is 0.933. The first-order valence-corrected chi connectivity index (χ1v) is 8.18. The minimum Gasteiger partial charge on any atom is -0.464 e. The van der Waals surface area contributed by atoms with E-state index in [2.05, 4.69) is 35.9 Å². The number of aryl methyl sites for hydroxylation is 1. The molecule has 0 aliphatic carbocycles. The highest BCUT2D eigenvalue weighted by atomic mass is 16.3. The van der Waals surface area contributed by atoms with Crippen molar-refractivity contribution in [2.45, 2.75) is 45.7 Å². The van der Waals surface area contributed by atoms with Crippen LogP contribution in [0.1, 0.15) is 49.8 Å². The van der Waals surface area contributed by atoms with E-state index in [0.29, 0.717) is 11.9 Å². The number of piperidine rings is 1. The van der Waals surface area contributed by atoms with Gasteiger partial charge in [0.25, 0.3) is 0 Å². The van der Waals surface area contributed by atoms with E-state index in [-0.39, 0.29) is 0 Å². The van der Waals surface area contributed by atoms with Crippen LogP contribution < -0.4 is 5.73 Å². The van der Waals surface area contributed by atoms with Gasteiger partial charge >= 0.3 is 0 Å². The van der Waals surface area contributed by atoms with Gasteiger partial charge in [-0.3, -0.25) is 4.90 Å². The minimum absolute atomic E-state index is 0.360. The fraction of sp³-hybridized carbons (Fsp3) is 0.500. The molecule has 0 aromatic carbocycles. The molecular weight excluding hydrogens is 274 g/mol. The summed E-state index contributed by atoms with van der Waals surface area (Å²) in [6, 6.07) is 8.63. The molecule has 118 valence electrons. The number of nitrogens with zero attached hydrogens (tertiary/aromatic N) is 2. The second kappa shape index (κ2) is 6.53. The molecule has 1 aliphatic heterocycles. The average Bonchev–Trinajstić information content (AvgIpc) is 2.98. The number of rotatable bonds is 4. The van der Waals surface area contributed by atoms with Crippen molar-refractivity contribution in [2.24, 2.45) is 5.92 Å². The predicted octanol–water partition coefficient (Wildman–Crippen LogP) is 3.79. The molecule has 2 aromatic heterocycles. The molecule has 0 saturated carbocycles. The highest BCUT2D eigenvalue weighted by Gasteiger charge is 2.29. The molecule has 2 atom stereocenters. The van der Waals surface area contributed by atoms with Crippen molar-refractivity contribution < 1.29 is 4.42 Å². The van der Waals surface area contributed by atoms with Gasteiger partial charge in [-0.05, 0) is 55.1 Å². The Balaban J connectivity index is 1.80. The van der Waals surface area contributed by atoms with Crippen molar-refractivity contribution in [3.63, 3.8) is 0 Å². The van der Waals surface area contributed by atoms with Crippen LogP contribution in [0.15, 0.2) is 34.9 Å². The number of furan rings is 1. The van der Waals surface area contributed by atoms with E-state index in [1.165, 1.54) is 12.0 Å². The molecule has 1 fully saturated rings. The van der Waals surface area contributed by atoms with E-state index >= 15 is 0 Å². The second-order valence-electron chi connectivity index (χ2n) is 6.36. The van der Waals surface area contributed by atoms with E-state index in [1.807, 2.05) is 12.1 Å². The maximum absolute atomic E-state index is 6.03. The van der Waals surface area contributed by atoms with Crippen LogP contribution in [0.3, 0.4) is 0 Å². The first-order chi connectivity index (χ1) is 10.7. The Morgan fingerprint density at radius 1 is 1.36 bits per heavy atom. The van der Waals surface area contributed by atoms with Gasteiger partial charge in [0.1, 0.15) is 17.3 Å². The Bertz CT molecular complexity index is 622. The van der Waals surface area contributed by atoms with Gasteiger partial charge in [0.05, 0.1) is 6.04 Å². The zero-order valence-electron chi connectivity index (χ0n) is 13.5. The summed E-state index contributed by atoms with van der Waals surface area (Å²) in [4.78, 5) is 6.58. The molecule has 0 spiro atoms. The number of hydrogen-bond donors (Lipinski definition) is 1. The van der Waals surface area contributed by atoms with E-state index in [4.69, 9.17) is 10.2 Å². The van der Waals surface area contributed by atoms with E-state index < -0.39 is 0 Å². The smallest absolute Gasteiger partial charge is 0.123 e. The minimum atomic E-state index is 0.360. The number of hydrogen-bond acceptors (Lipinski definition) is 4. The first-order valence-electron chi connectivity index (χ1n) is 8.18. The van der Waals surface area contributed by atoms with Gasteiger partial charge in [0, 0.05) is 19.2 Å². The molecule has 2 aromatic rings. The van der Waals surface area contributed by atoms with Crippen molar-refractivity contribution in [3.8, 4) is 0 Å². The molecule has 22 heavy (non-hydrogen) atoms. The van der Waals surface area contributed by atoms with E-state index in [0.717, 1.165) is 43.4 Å². The lowest BCUT2D eigenvalue weighted by Crippen LogP contribution is -2.35. The van der Waals surface area contributed by atoms with Crippen LogP contribution in [0.2, 0.25) is 0 Å². The molecule has 1 aliphatic rings. The molecule has 2 unspecified atom stereocenters. The average molecular weight is 299 g/mol. The van der Waals surface area contributed by atoms with Crippen molar-refractivity contribution >= 4 is 5.82 Å². The highest BCUT2D eigenvalue weighted by Crippen LogP contribution is 2.36. The lowest BCUT2D eigenvalue weighted by molar-refractivity contribution is 0.0936. The number of likely N-dealkylation sites (tertiary alicyclic amines) is 1. The van der Waals surface area contributed by atoms with Crippen LogP contribution in [0, 0.1) is 5.92 Å². The van der Waals surface area contributed by atoms with Gasteiger partial charge in [-0.2, -0.15) is 0 Å². The fourth-order valence-electron chi connectivity index (χ4n) is 3.27. The van der Waals surface area contributed by atoms with Crippen LogP contribution in [-0.4, -0.2) is 16.4 Å². The Hall–Kier alpha value is -1.81. The van der Waals surface area contributed by atoms with Crippen molar-refractivity contribution in [3.05, 3.63) is 47.5 Å². The first kappa shape index (κ1) is 15.1. The maximum atomic E-state index is 6.03. The molecule has 1 saturated heterocycles. The summed E-state index contributed by atoms with van der Waals surface area (Å²) in [5.41, 5.74) is 7.02. The summed E-state index contributed by atoms with van der Waals surface area (Å²) in [5, 5.41) is 0. The number of aromatic nitrogens is 1. The molecule has 0 radical (unpaired) electrons. The molecule has 4 nitrogen and oxygen atoms in total. The van der Waals surface area contributed by atoms with Crippen molar-refractivity contribution in [2.75, 3.05) is 12.3 Å². The summed E-state index contributed by atoms with van der Waals surface area (Å²) in [6.45, 7) is 6.45. The normalized spacial score (nSPS) is 22.8. The van der Waals surface area contributed by atoms with Crippen LogP contribution in [0.25, 0.3) is 0 Å². The third kappa shape index (κ3) is 3.33. The van der Waals surface area contributed by atoms with Crippen LogP contribution in [0.4, 0.5) is 5.82 Å². The van der Waals surface area contributed by atoms with Gasteiger partial charge in [0.15, 0.2) is 0 Å². The summed E-state index contributed by atoms with van der Waals surface area (Å²) in [7, 11) is 0. The largest absolute Gasteiger partial charge is 0.464 e. The molecule has 0 bridgehead atoms. The number of nitrogens with two attached hydrogens (primary N) is 1. The lowest BCUT2D eigenvalue weighted by Gasteiger charge is -2.37. The van der Waals surface area contributed by atoms with Gasteiger partial charge < -0.3 is 10.2 Å². The van der Waals surface area contributed by atoms with Gasteiger partial charge in [-0.25, -0.2) is 4.98 Å². The summed E-state index contributed by atoms with van der Waals surface area (Å²) >= 11 is 0. The highest BCUT2D eigenvalue weighted by molar-refractivity contribution is 5.31. The Morgan fingerprint density at radius 3 is 2.95 bits per heavy atom. The summed E-state index contributed by atoms with van der Waals surface area (Å²) in [5.74, 6) is 3.50. The zero-order chi connectivity index (χ0) is 15.5. The molecule has 3 rings (SSSR count). The standard InChI is InChI=1S/C18H25N3O/c1-3-15-4-5-17(22-15)16-10-13(2)7-9-21(16)12-14-6-8-20-18(19)11-14/h4-6,8,11,13,16H,3,7,9-10,12H2,1-2H3,(H2,19,20). The number of anilines is 1. The van der Waals surface area contributed by atoms with Crippen molar-refractivity contribution in [1.82, 2.24) is 9.88 Å². The third-order valence-corrected chi connectivity index (χ3v) is 4.57. The molecular formula is C18H25N3O. The zero-order valence-corrected chi connectivity index (χ0v) is 13.5. The monoisotopic (exact) mass is 299 g/mol. The van der Waals surface area contributed by atoms with Crippen LogP contribution in [-0.2, 0) is 13.0 Å². The summed E-state index contributed by atoms with van der Waals surface area (Å²) in [6.07, 6.45) is 5.12. The summed E-state index contributed by atoms with van der Waals surface area (Å²) < 4.78 is 6.03. The predicted molar refractivity (Wildman–Crippen MR) is 88.3 cm³/mol. The Kier molecular flexibility index (Phi) is 4.48. The SMILES string of the molecule is CCc1ccc(C2CC(C)CCN2Cc2ccnc(N)c2)o1. The number of pyridine rings is 1. The fourth-order valence-corrected chi connectivity index (χ4v) is 3.27. The molecule has 4 heteroatoms. The third-order valence-electron chi connectivity index (χ3n) is 4.57. The Labute approximate surface area is 132 Å². The van der Waals surface area contributed by atoms with Crippen molar-refractivity contribution in [1.29, 1.82) is 0 Å². The Morgan fingerprint density at radius 2 is 2.23 bits per heavy atom. The molecule has 3 heterocycles. The topological polar surface area (TPSA) is 55.3 Å². The number of nitrogen functional groups attached to an aromatic ring is 1. The lowest BCUT2D eigenvalue weighted by atomic mass is 9.90. The molecule has 2 N–H and O–H groups in total. The second-order valence-corrected chi connectivity index (χ2v) is 6.36. The van der Waals surface area contributed by atoms with E-state index in [1.54, 1.807) is 6.20 Å². The van der Waals surface area contributed by atoms with Crippen LogP contribution in [0.5, 0.6) is 0 Å². The van der Waals surface area contributed by atoms with E-state index in [9.17, 15) is 0 Å².